The van der Waals surface area contributed by atoms with Crippen molar-refractivity contribution in [3.63, 3.8) is 0 Å². The third-order valence-electron chi connectivity index (χ3n) is 2.85. The van der Waals surface area contributed by atoms with Gasteiger partial charge < -0.3 is 5.11 Å². The van der Waals surface area contributed by atoms with Gasteiger partial charge in [-0.3, -0.25) is 9.13 Å². The minimum atomic E-state index is -0.781. The summed E-state index contributed by atoms with van der Waals surface area (Å²) in [5, 5.41) is 9.71. The normalized spacial score (nSPS) is 12.2. The van der Waals surface area contributed by atoms with E-state index >= 15 is 0 Å². The SMILES string of the molecule is Cn1c(=O)n(CCC(C)(C)O)c2ncccc21. The quantitative estimate of drug-likeness (QED) is 0.859. The van der Waals surface area contributed by atoms with E-state index in [9.17, 15) is 9.90 Å². The molecule has 1 N–H and O–H groups in total. The number of imidazole rings is 1. The summed E-state index contributed by atoms with van der Waals surface area (Å²) in [4.78, 5) is 16.2. The van der Waals surface area contributed by atoms with Gasteiger partial charge in [-0.15, -0.1) is 0 Å². The van der Waals surface area contributed by atoms with Gasteiger partial charge in [0.1, 0.15) is 0 Å². The minimum Gasteiger partial charge on any atom is -0.390 e. The molecular formula is C12H17N3O2. The summed E-state index contributed by atoms with van der Waals surface area (Å²) < 4.78 is 3.18. The van der Waals surface area contributed by atoms with Crippen LogP contribution in [0.15, 0.2) is 23.1 Å². The summed E-state index contributed by atoms with van der Waals surface area (Å²) in [7, 11) is 1.73. The Morgan fingerprint density at radius 3 is 2.82 bits per heavy atom. The Hall–Kier alpha value is -1.62. The molecule has 5 heteroatoms. The Morgan fingerprint density at radius 1 is 1.47 bits per heavy atom. The van der Waals surface area contributed by atoms with E-state index in [1.54, 1.807) is 36.2 Å². The highest BCUT2D eigenvalue weighted by Crippen LogP contribution is 2.12. The summed E-state index contributed by atoms with van der Waals surface area (Å²) in [6.45, 7) is 3.93. The van der Waals surface area contributed by atoms with Gasteiger partial charge in [-0.05, 0) is 32.4 Å². The standard InChI is InChI=1S/C12H17N3O2/c1-12(2,17)6-8-15-10-9(5-4-7-13-10)14(3)11(15)16/h4-5,7,17H,6,8H2,1-3H3. The number of hydrogen-bond acceptors (Lipinski definition) is 3. The van der Waals surface area contributed by atoms with Crippen LogP contribution in [0.1, 0.15) is 20.3 Å². The Balaban J connectivity index is 2.47. The first-order valence-corrected chi connectivity index (χ1v) is 5.63. The van der Waals surface area contributed by atoms with Crippen LogP contribution in [0.3, 0.4) is 0 Å². The molecule has 0 aliphatic rings. The van der Waals surface area contributed by atoms with E-state index in [0.29, 0.717) is 18.6 Å². The third kappa shape index (κ3) is 2.24. The summed E-state index contributed by atoms with van der Waals surface area (Å²) in [6, 6.07) is 3.67. The molecule has 0 aliphatic carbocycles. The zero-order chi connectivity index (χ0) is 12.6. The number of rotatable bonds is 3. The van der Waals surface area contributed by atoms with Gasteiger partial charge >= 0.3 is 5.69 Å². The van der Waals surface area contributed by atoms with Gasteiger partial charge in [0.25, 0.3) is 0 Å². The summed E-state index contributed by atoms with van der Waals surface area (Å²) in [6.07, 6.45) is 2.19. The van der Waals surface area contributed by atoms with Crippen LogP contribution in [0.5, 0.6) is 0 Å². The highest BCUT2D eigenvalue weighted by Gasteiger charge is 2.16. The molecule has 2 rings (SSSR count). The predicted octanol–water partition coefficient (Wildman–Crippen LogP) is 0.896. The molecule has 92 valence electrons. The van der Waals surface area contributed by atoms with Crippen LogP contribution in [0, 0.1) is 0 Å². The second-order valence-electron chi connectivity index (χ2n) is 4.90. The number of aromatic nitrogens is 3. The third-order valence-corrected chi connectivity index (χ3v) is 2.85. The fourth-order valence-corrected chi connectivity index (χ4v) is 1.82. The molecule has 0 atom stereocenters. The second-order valence-corrected chi connectivity index (χ2v) is 4.90. The molecule has 5 nitrogen and oxygen atoms in total. The summed E-state index contributed by atoms with van der Waals surface area (Å²) in [5.41, 5.74) is 0.608. The first-order valence-electron chi connectivity index (χ1n) is 5.63. The van der Waals surface area contributed by atoms with E-state index in [1.165, 1.54) is 0 Å². The first-order chi connectivity index (χ1) is 7.90. The lowest BCUT2D eigenvalue weighted by Crippen LogP contribution is -2.27. The molecule has 17 heavy (non-hydrogen) atoms. The topological polar surface area (TPSA) is 60.0 Å². The lowest BCUT2D eigenvalue weighted by molar-refractivity contribution is 0.0662. The first kappa shape index (κ1) is 11.9. The molecule has 0 saturated carbocycles. The van der Waals surface area contributed by atoms with Gasteiger partial charge in [-0.1, -0.05) is 0 Å². The van der Waals surface area contributed by atoms with Crippen molar-refractivity contribution in [1.29, 1.82) is 0 Å². The van der Waals surface area contributed by atoms with Crippen molar-refractivity contribution in [2.45, 2.75) is 32.4 Å². The van der Waals surface area contributed by atoms with Crippen molar-refractivity contribution in [2.24, 2.45) is 7.05 Å². The lowest BCUT2D eigenvalue weighted by Gasteiger charge is -2.16. The van der Waals surface area contributed by atoms with Crippen LogP contribution >= 0.6 is 0 Å². The van der Waals surface area contributed by atoms with Gasteiger partial charge in [0.15, 0.2) is 5.65 Å². The van der Waals surface area contributed by atoms with Crippen LogP contribution < -0.4 is 5.69 Å². The average molecular weight is 235 g/mol. The molecule has 2 aromatic heterocycles. The molecule has 0 radical (unpaired) electrons. The number of aliphatic hydroxyl groups is 1. The molecule has 0 aromatic carbocycles. The maximum atomic E-state index is 12.0. The second kappa shape index (κ2) is 4.00. The predicted molar refractivity (Wildman–Crippen MR) is 65.9 cm³/mol. The van der Waals surface area contributed by atoms with Gasteiger partial charge in [0.2, 0.25) is 0 Å². The zero-order valence-corrected chi connectivity index (χ0v) is 10.3. The zero-order valence-electron chi connectivity index (χ0n) is 10.3. The molecule has 0 amide bonds. The molecular weight excluding hydrogens is 218 g/mol. The molecule has 0 aliphatic heterocycles. The Morgan fingerprint density at radius 2 is 2.18 bits per heavy atom. The fraction of sp³-hybridized carbons (Fsp3) is 0.500. The lowest BCUT2D eigenvalue weighted by atomic mass is 10.1. The van der Waals surface area contributed by atoms with Crippen molar-refractivity contribution in [3.05, 3.63) is 28.8 Å². The van der Waals surface area contributed by atoms with Crippen molar-refractivity contribution in [2.75, 3.05) is 0 Å². The maximum Gasteiger partial charge on any atom is 0.330 e. The van der Waals surface area contributed by atoms with Gasteiger partial charge in [0.05, 0.1) is 11.1 Å². The molecule has 0 saturated heterocycles. The number of fused-ring (bicyclic) bond motifs is 1. The van der Waals surface area contributed by atoms with Crippen molar-refractivity contribution < 1.29 is 5.11 Å². The Kier molecular flexibility index (Phi) is 2.79. The minimum absolute atomic E-state index is 0.0945. The van der Waals surface area contributed by atoms with Crippen LogP contribution in [-0.4, -0.2) is 24.8 Å². The van der Waals surface area contributed by atoms with E-state index in [2.05, 4.69) is 4.98 Å². The number of hydrogen-bond donors (Lipinski definition) is 1. The smallest absolute Gasteiger partial charge is 0.330 e. The molecule has 0 fully saturated rings. The van der Waals surface area contributed by atoms with Crippen LogP contribution in [0.2, 0.25) is 0 Å². The van der Waals surface area contributed by atoms with E-state index in [0.717, 1.165) is 5.52 Å². The van der Waals surface area contributed by atoms with Gasteiger partial charge in [-0.2, -0.15) is 0 Å². The highest BCUT2D eigenvalue weighted by atomic mass is 16.3. The van der Waals surface area contributed by atoms with E-state index in [1.807, 2.05) is 12.1 Å². The van der Waals surface area contributed by atoms with E-state index in [4.69, 9.17) is 0 Å². The highest BCUT2D eigenvalue weighted by molar-refractivity contribution is 5.71. The summed E-state index contributed by atoms with van der Waals surface area (Å²) >= 11 is 0. The van der Waals surface area contributed by atoms with Crippen molar-refractivity contribution in [3.8, 4) is 0 Å². The van der Waals surface area contributed by atoms with Crippen molar-refractivity contribution in [1.82, 2.24) is 14.1 Å². The molecule has 0 unspecified atom stereocenters. The Labute approximate surface area is 99.3 Å². The van der Waals surface area contributed by atoms with Crippen LogP contribution in [0.4, 0.5) is 0 Å². The van der Waals surface area contributed by atoms with Crippen molar-refractivity contribution >= 4 is 11.2 Å². The number of pyridine rings is 1. The largest absolute Gasteiger partial charge is 0.390 e. The Bertz CT molecular complexity index is 590. The summed E-state index contributed by atoms with van der Waals surface area (Å²) in [5.74, 6) is 0. The molecule has 0 bridgehead atoms. The maximum absolute atomic E-state index is 12.0. The van der Waals surface area contributed by atoms with Gasteiger partial charge in [0, 0.05) is 19.8 Å². The monoisotopic (exact) mass is 235 g/mol. The van der Waals surface area contributed by atoms with E-state index < -0.39 is 5.60 Å². The number of nitrogens with zero attached hydrogens (tertiary/aromatic N) is 3. The van der Waals surface area contributed by atoms with Gasteiger partial charge in [-0.25, -0.2) is 9.78 Å². The fourth-order valence-electron chi connectivity index (χ4n) is 1.82. The average Bonchev–Trinajstić information content (AvgIpc) is 2.49. The van der Waals surface area contributed by atoms with Crippen LogP contribution in [-0.2, 0) is 13.6 Å². The molecule has 0 spiro atoms. The number of aryl methyl sites for hydroxylation is 2. The van der Waals surface area contributed by atoms with Crippen LogP contribution in [0.25, 0.3) is 11.2 Å². The van der Waals surface area contributed by atoms with E-state index in [-0.39, 0.29) is 5.69 Å². The molecule has 2 aromatic rings. The molecule has 2 heterocycles.